The number of benzene rings is 1. The Kier molecular flexibility index (Phi) is 3.42. The largest absolute Gasteiger partial charge is 0.478 e. The van der Waals surface area contributed by atoms with Gasteiger partial charge in [-0.05, 0) is 36.8 Å². The standard InChI is InChI=1S/C16H14N4O2/c1-10-3-4-14(17-8-10)11-5-12(7-13(6-11)16(21)22)15-9-18-19-20(15)2/h3-9H,1-2H3,(H,21,22). The Morgan fingerprint density at radius 1 is 1.14 bits per heavy atom. The van der Waals surface area contributed by atoms with Crippen molar-refractivity contribution in [2.24, 2.45) is 7.05 Å². The Morgan fingerprint density at radius 3 is 2.50 bits per heavy atom. The van der Waals surface area contributed by atoms with Crippen molar-refractivity contribution in [3.05, 3.63) is 53.9 Å². The minimum atomic E-state index is -0.981. The van der Waals surface area contributed by atoms with Gasteiger partial charge in [-0.15, -0.1) is 5.10 Å². The molecule has 3 aromatic rings. The molecule has 0 unspecified atom stereocenters. The molecule has 1 N–H and O–H groups in total. The van der Waals surface area contributed by atoms with E-state index in [9.17, 15) is 9.90 Å². The van der Waals surface area contributed by atoms with Crippen LogP contribution in [0.4, 0.5) is 0 Å². The Labute approximate surface area is 127 Å². The summed E-state index contributed by atoms with van der Waals surface area (Å²) < 4.78 is 1.60. The van der Waals surface area contributed by atoms with E-state index in [1.54, 1.807) is 36.3 Å². The third kappa shape index (κ3) is 2.58. The van der Waals surface area contributed by atoms with E-state index in [1.807, 2.05) is 25.1 Å². The highest BCUT2D eigenvalue weighted by Crippen LogP contribution is 2.27. The number of hydrogen-bond donors (Lipinski definition) is 1. The quantitative estimate of drug-likeness (QED) is 0.803. The summed E-state index contributed by atoms with van der Waals surface area (Å²) in [6.45, 7) is 1.96. The summed E-state index contributed by atoms with van der Waals surface area (Å²) in [7, 11) is 1.76. The molecular formula is C16H14N4O2. The van der Waals surface area contributed by atoms with Crippen LogP contribution in [0.2, 0.25) is 0 Å². The summed E-state index contributed by atoms with van der Waals surface area (Å²) >= 11 is 0. The molecule has 110 valence electrons. The maximum absolute atomic E-state index is 11.4. The van der Waals surface area contributed by atoms with Crippen LogP contribution in [0.5, 0.6) is 0 Å². The summed E-state index contributed by atoms with van der Waals surface area (Å²) in [6, 6.07) is 8.94. The zero-order valence-electron chi connectivity index (χ0n) is 12.2. The SMILES string of the molecule is Cc1ccc(-c2cc(C(=O)O)cc(-c3cnnn3C)c2)nc1. The van der Waals surface area contributed by atoms with E-state index >= 15 is 0 Å². The molecule has 1 aromatic carbocycles. The minimum absolute atomic E-state index is 0.205. The Balaban J connectivity index is 2.18. The number of aryl methyl sites for hydroxylation is 2. The molecule has 0 spiro atoms. The third-order valence-corrected chi connectivity index (χ3v) is 3.40. The molecule has 6 heteroatoms. The molecule has 0 aliphatic carbocycles. The number of hydrogen-bond acceptors (Lipinski definition) is 4. The zero-order valence-corrected chi connectivity index (χ0v) is 12.2. The maximum Gasteiger partial charge on any atom is 0.335 e. The maximum atomic E-state index is 11.4. The van der Waals surface area contributed by atoms with Gasteiger partial charge in [0.15, 0.2) is 0 Å². The Morgan fingerprint density at radius 2 is 1.91 bits per heavy atom. The van der Waals surface area contributed by atoms with Crippen LogP contribution in [0.1, 0.15) is 15.9 Å². The van der Waals surface area contributed by atoms with Gasteiger partial charge in [-0.25, -0.2) is 9.48 Å². The van der Waals surface area contributed by atoms with Gasteiger partial charge in [0.2, 0.25) is 0 Å². The van der Waals surface area contributed by atoms with Gasteiger partial charge in [-0.1, -0.05) is 11.3 Å². The van der Waals surface area contributed by atoms with E-state index in [1.165, 1.54) is 0 Å². The van der Waals surface area contributed by atoms with Gasteiger partial charge >= 0.3 is 5.97 Å². The molecule has 3 rings (SSSR count). The van der Waals surface area contributed by atoms with Crippen molar-refractivity contribution < 1.29 is 9.90 Å². The van der Waals surface area contributed by atoms with E-state index in [0.717, 1.165) is 28.1 Å². The minimum Gasteiger partial charge on any atom is -0.478 e. The number of pyridine rings is 1. The molecule has 0 amide bonds. The van der Waals surface area contributed by atoms with Crippen molar-refractivity contribution in [1.29, 1.82) is 0 Å². The average Bonchev–Trinajstić information content (AvgIpc) is 2.93. The molecule has 2 aromatic heterocycles. The van der Waals surface area contributed by atoms with E-state index in [0.29, 0.717) is 0 Å². The first kappa shape index (κ1) is 13.9. The molecule has 0 atom stereocenters. The highest BCUT2D eigenvalue weighted by molar-refractivity contribution is 5.91. The first-order chi connectivity index (χ1) is 10.5. The smallest absolute Gasteiger partial charge is 0.335 e. The highest BCUT2D eigenvalue weighted by atomic mass is 16.4. The second-order valence-corrected chi connectivity index (χ2v) is 5.07. The summed E-state index contributed by atoms with van der Waals surface area (Å²) in [4.78, 5) is 15.7. The number of aromatic carboxylic acids is 1. The van der Waals surface area contributed by atoms with E-state index in [2.05, 4.69) is 15.3 Å². The van der Waals surface area contributed by atoms with Crippen molar-refractivity contribution in [3.63, 3.8) is 0 Å². The van der Waals surface area contributed by atoms with Crippen LogP contribution >= 0.6 is 0 Å². The lowest BCUT2D eigenvalue weighted by Crippen LogP contribution is -2.00. The predicted molar refractivity (Wildman–Crippen MR) is 81.4 cm³/mol. The zero-order chi connectivity index (χ0) is 15.7. The van der Waals surface area contributed by atoms with Crippen molar-refractivity contribution in [2.75, 3.05) is 0 Å². The van der Waals surface area contributed by atoms with Crippen molar-refractivity contribution in [1.82, 2.24) is 20.0 Å². The van der Waals surface area contributed by atoms with Gasteiger partial charge in [0.1, 0.15) is 0 Å². The summed E-state index contributed by atoms with van der Waals surface area (Å²) in [5, 5.41) is 17.1. The first-order valence-corrected chi connectivity index (χ1v) is 6.71. The third-order valence-electron chi connectivity index (χ3n) is 3.40. The number of carboxylic acids is 1. The molecule has 2 heterocycles. The fourth-order valence-electron chi connectivity index (χ4n) is 2.24. The van der Waals surface area contributed by atoms with E-state index in [-0.39, 0.29) is 5.56 Å². The van der Waals surface area contributed by atoms with Gasteiger partial charge in [0.25, 0.3) is 0 Å². The fourth-order valence-corrected chi connectivity index (χ4v) is 2.24. The van der Waals surface area contributed by atoms with Crippen LogP contribution < -0.4 is 0 Å². The lowest BCUT2D eigenvalue weighted by molar-refractivity contribution is 0.0697. The second-order valence-electron chi connectivity index (χ2n) is 5.07. The molecule has 6 nitrogen and oxygen atoms in total. The summed E-state index contributed by atoms with van der Waals surface area (Å²) in [5.41, 5.74) is 4.22. The molecule has 0 radical (unpaired) electrons. The van der Waals surface area contributed by atoms with Gasteiger partial charge in [-0.2, -0.15) is 0 Å². The van der Waals surface area contributed by atoms with Crippen LogP contribution in [0.15, 0.2) is 42.7 Å². The molecule has 0 aliphatic heterocycles. The molecule has 0 saturated heterocycles. The van der Waals surface area contributed by atoms with Crippen LogP contribution in [-0.4, -0.2) is 31.1 Å². The lowest BCUT2D eigenvalue weighted by atomic mass is 10.0. The molecule has 0 bridgehead atoms. The van der Waals surface area contributed by atoms with Crippen LogP contribution in [0.25, 0.3) is 22.5 Å². The van der Waals surface area contributed by atoms with Crippen molar-refractivity contribution in [2.45, 2.75) is 6.92 Å². The van der Waals surface area contributed by atoms with Gasteiger partial charge < -0.3 is 5.11 Å². The number of rotatable bonds is 3. The van der Waals surface area contributed by atoms with Crippen LogP contribution in [0.3, 0.4) is 0 Å². The second kappa shape index (κ2) is 5.40. The molecule has 0 fully saturated rings. The Bertz CT molecular complexity index is 838. The average molecular weight is 294 g/mol. The number of aromatic nitrogens is 4. The van der Waals surface area contributed by atoms with Crippen molar-refractivity contribution >= 4 is 5.97 Å². The fraction of sp³-hybridized carbons (Fsp3) is 0.125. The van der Waals surface area contributed by atoms with Gasteiger partial charge in [0, 0.05) is 24.4 Å². The molecule has 0 saturated carbocycles. The molecule has 22 heavy (non-hydrogen) atoms. The molecule has 0 aliphatic rings. The van der Waals surface area contributed by atoms with Crippen LogP contribution in [-0.2, 0) is 7.05 Å². The topological polar surface area (TPSA) is 80.9 Å². The van der Waals surface area contributed by atoms with E-state index in [4.69, 9.17) is 0 Å². The normalized spacial score (nSPS) is 10.6. The van der Waals surface area contributed by atoms with Crippen molar-refractivity contribution in [3.8, 4) is 22.5 Å². The number of nitrogens with zero attached hydrogens (tertiary/aromatic N) is 4. The predicted octanol–water partition coefficient (Wildman–Crippen LogP) is 2.55. The van der Waals surface area contributed by atoms with Crippen LogP contribution in [0, 0.1) is 6.92 Å². The highest BCUT2D eigenvalue weighted by Gasteiger charge is 2.12. The number of carboxylic acid groups (broad SMARTS) is 1. The van der Waals surface area contributed by atoms with Gasteiger partial charge in [-0.3, -0.25) is 4.98 Å². The lowest BCUT2D eigenvalue weighted by Gasteiger charge is -2.08. The monoisotopic (exact) mass is 294 g/mol. The first-order valence-electron chi connectivity index (χ1n) is 6.71. The Hall–Kier alpha value is -3.02. The molecular weight excluding hydrogens is 280 g/mol. The summed E-state index contributed by atoms with van der Waals surface area (Å²) in [5.74, 6) is -0.981. The number of carbonyl (C=O) groups is 1. The van der Waals surface area contributed by atoms with E-state index < -0.39 is 5.97 Å². The van der Waals surface area contributed by atoms with Gasteiger partial charge in [0.05, 0.1) is 23.1 Å². The summed E-state index contributed by atoms with van der Waals surface area (Å²) in [6.07, 6.45) is 3.36.